The van der Waals surface area contributed by atoms with Gasteiger partial charge in [-0.3, -0.25) is 4.79 Å². The monoisotopic (exact) mass is 486 g/mol. The number of carbonyl (C=O) groups excluding carboxylic acids is 2. The summed E-state index contributed by atoms with van der Waals surface area (Å²) in [7, 11) is 1.27. The molecule has 0 atom stereocenters. The van der Waals surface area contributed by atoms with Crippen LogP contribution in [0, 0.1) is 12.7 Å². The molecule has 174 valence electrons. The molecule has 8 heteroatoms. The number of nitrogens with one attached hydrogen (secondary N) is 1. The standard InChI is InChI=1S/C27H19FN2O4S/c1-15-7-12-23(34-15)22-13-19(18-5-3-4-6-21(18)29-22)25(31)30-26-24(27(32)33-2)20(14-35-26)16-8-10-17(28)11-9-16/h3-14H,1-2H3,(H,30,31). The highest BCUT2D eigenvalue weighted by molar-refractivity contribution is 7.15. The molecule has 0 aliphatic rings. The Labute approximate surface area is 204 Å². The van der Waals surface area contributed by atoms with E-state index in [1.165, 1.54) is 30.6 Å². The van der Waals surface area contributed by atoms with Crippen molar-refractivity contribution in [3.63, 3.8) is 0 Å². The van der Waals surface area contributed by atoms with E-state index in [-0.39, 0.29) is 11.4 Å². The van der Waals surface area contributed by atoms with Crippen LogP contribution in [0.3, 0.4) is 0 Å². The van der Waals surface area contributed by atoms with Gasteiger partial charge in [-0.1, -0.05) is 30.3 Å². The molecule has 35 heavy (non-hydrogen) atoms. The smallest absolute Gasteiger partial charge is 0.341 e. The Bertz CT molecular complexity index is 1570. The van der Waals surface area contributed by atoms with Crippen LogP contribution < -0.4 is 5.32 Å². The number of rotatable bonds is 5. The van der Waals surface area contributed by atoms with Crippen molar-refractivity contribution in [2.75, 3.05) is 12.4 Å². The molecule has 5 aromatic rings. The van der Waals surface area contributed by atoms with Crippen LogP contribution in [0.25, 0.3) is 33.5 Å². The number of nitrogens with zero attached hydrogens (tertiary/aromatic N) is 1. The molecule has 1 N–H and O–H groups in total. The molecule has 6 nitrogen and oxygen atoms in total. The highest BCUT2D eigenvalue weighted by atomic mass is 32.1. The Kier molecular flexibility index (Phi) is 5.88. The van der Waals surface area contributed by atoms with Crippen molar-refractivity contribution in [3.8, 4) is 22.6 Å². The summed E-state index contributed by atoms with van der Waals surface area (Å²) in [6.45, 7) is 1.84. The number of aromatic nitrogens is 1. The quantitative estimate of drug-likeness (QED) is 0.279. The number of halogens is 1. The lowest BCUT2D eigenvalue weighted by Crippen LogP contribution is -2.15. The number of amides is 1. The number of benzene rings is 2. The molecule has 0 saturated carbocycles. The first kappa shape index (κ1) is 22.5. The van der Waals surface area contributed by atoms with Gasteiger partial charge in [-0.25, -0.2) is 14.2 Å². The number of fused-ring (bicyclic) bond motifs is 1. The highest BCUT2D eigenvalue weighted by Crippen LogP contribution is 2.37. The van der Waals surface area contributed by atoms with E-state index in [4.69, 9.17) is 9.15 Å². The normalized spacial score (nSPS) is 10.9. The molecule has 0 radical (unpaired) electrons. The van der Waals surface area contributed by atoms with Crippen molar-refractivity contribution in [2.24, 2.45) is 0 Å². The Balaban J connectivity index is 1.58. The molecule has 0 spiro atoms. The second-order valence-corrected chi connectivity index (χ2v) is 8.67. The molecule has 3 heterocycles. The predicted molar refractivity (Wildman–Crippen MR) is 133 cm³/mol. The number of ether oxygens (including phenoxy) is 1. The van der Waals surface area contributed by atoms with Crippen LogP contribution >= 0.6 is 11.3 Å². The number of para-hydroxylation sites is 1. The molecule has 0 saturated heterocycles. The van der Waals surface area contributed by atoms with Gasteiger partial charge in [0.05, 0.1) is 18.2 Å². The summed E-state index contributed by atoms with van der Waals surface area (Å²) in [5.74, 6) is -0.120. The molecule has 0 aliphatic heterocycles. The minimum atomic E-state index is -0.604. The van der Waals surface area contributed by atoms with Crippen molar-refractivity contribution < 1.29 is 23.1 Å². The third-order valence-electron chi connectivity index (χ3n) is 5.52. The van der Waals surface area contributed by atoms with Crippen LogP contribution in [-0.2, 0) is 4.74 Å². The fourth-order valence-corrected chi connectivity index (χ4v) is 4.78. The summed E-state index contributed by atoms with van der Waals surface area (Å²) in [6.07, 6.45) is 0. The zero-order valence-corrected chi connectivity index (χ0v) is 19.6. The van der Waals surface area contributed by atoms with E-state index in [2.05, 4.69) is 10.3 Å². The zero-order valence-electron chi connectivity index (χ0n) is 18.8. The van der Waals surface area contributed by atoms with Crippen molar-refractivity contribution in [1.29, 1.82) is 0 Å². The van der Waals surface area contributed by atoms with Gasteiger partial charge >= 0.3 is 5.97 Å². The van der Waals surface area contributed by atoms with Crippen LogP contribution in [0.15, 0.2) is 76.5 Å². The SMILES string of the molecule is COC(=O)c1c(-c2ccc(F)cc2)csc1NC(=O)c1cc(-c2ccc(C)o2)nc2ccccc12. The average molecular weight is 487 g/mol. The average Bonchev–Trinajstić information content (AvgIpc) is 3.49. The Morgan fingerprint density at radius 3 is 2.54 bits per heavy atom. The summed E-state index contributed by atoms with van der Waals surface area (Å²) in [4.78, 5) is 30.8. The van der Waals surface area contributed by atoms with E-state index in [1.807, 2.05) is 37.3 Å². The Hall–Kier alpha value is -4.30. The lowest BCUT2D eigenvalue weighted by Gasteiger charge is -2.11. The fraction of sp³-hybridized carbons (Fsp3) is 0.0741. The Morgan fingerprint density at radius 1 is 1.06 bits per heavy atom. The number of esters is 1. The fourth-order valence-electron chi connectivity index (χ4n) is 3.83. The van der Waals surface area contributed by atoms with E-state index in [0.717, 1.165) is 5.76 Å². The summed E-state index contributed by atoms with van der Waals surface area (Å²) >= 11 is 1.19. The van der Waals surface area contributed by atoms with Gasteiger partial charge in [0.2, 0.25) is 0 Å². The predicted octanol–water partition coefficient (Wildman–Crippen LogP) is 6.71. The second kappa shape index (κ2) is 9.15. The molecule has 3 aromatic heterocycles. The molecular weight excluding hydrogens is 467 g/mol. The van der Waals surface area contributed by atoms with Gasteiger partial charge in [-0.2, -0.15) is 0 Å². The number of hydrogen-bond acceptors (Lipinski definition) is 6. The maximum atomic E-state index is 13.5. The van der Waals surface area contributed by atoms with Gasteiger partial charge in [-0.05, 0) is 48.9 Å². The van der Waals surface area contributed by atoms with Crippen molar-refractivity contribution >= 4 is 39.1 Å². The third kappa shape index (κ3) is 4.31. The van der Waals surface area contributed by atoms with Crippen LogP contribution in [-0.4, -0.2) is 24.0 Å². The van der Waals surface area contributed by atoms with E-state index in [0.29, 0.717) is 44.0 Å². The number of carbonyl (C=O) groups is 2. The van der Waals surface area contributed by atoms with E-state index in [9.17, 15) is 14.0 Å². The molecular formula is C27H19FN2O4S. The van der Waals surface area contributed by atoms with Crippen LogP contribution in [0.4, 0.5) is 9.39 Å². The topological polar surface area (TPSA) is 81.4 Å². The molecule has 5 rings (SSSR count). The van der Waals surface area contributed by atoms with Crippen LogP contribution in [0.1, 0.15) is 26.5 Å². The summed E-state index contributed by atoms with van der Waals surface area (Å²) in [5, 5.41) is 5.59. The van der Waals surface area contributed by atoms with Crippen molar-refractivity contribution in [3.05, 3.63) is 94.8 Å². The number of aryl methyl sites for hydroxylation is 1. The maximum absolute atomic E-state index is 13.5. The van der Waals surface area contributed by atoms with Gasteiger partial charge in [0, 0.05) is 16.3 Å². The first-order chi connectivity index (χ1) is 16.9. The first-order valence-electron chi connectivity index (χ1n) is 10.7. The highest BCUT2D eigenvalue weighted by Gasteiger charge is 2.24. The number of anilines is 1. The molecule has 1 amide bonds. The lowest BCUT2D eigenvalue weighted by atomic mass is 10.0. The second-order valence-electron chi connectivity index (χ2n) is 7.79. The maximum Gasteiger partial charge on any atom is 0.341 e. The number of thiophene rings is 1. The number of hydrogen-bond donors (Lipinski definition) is 1. The van der Waals surface area contributed by atoms with Gasteiger partial charge in [0.25, 0.3) is 5.91 Å². The molecule has 0 fully saturated rings. The summed E-state index contributed by atoms with van der Waals surface area (Å²) in [5.41, 5.74) is 2.92. The molecule has 0 aliphatic carbocycles. The van der Waals surface area contributed by atoms with Gasteiger partial charge in [0.15, 0.2) is 5.76 Å². The number of pyridine rings is 1. The molecule has 0 unspecified atom stereocenters. The minimum absolute atomic E-state index is 0.206. The third-order valence-corrected chi connectivity index (χ3v) is 6.41. The number of methoxy groups -OCH3 is 1. The minimum Gasteiger partial charge on any atom is -0.465 e. The number of furan rings is 1. The van der Waals surface area contributed by atoms with Crippen LogP contribution in [0.2, 0.25) is 0 Å². The molecule has 2 aromatic carbocycles. The Morgan fingerprint density at radius 2 is 1.83 bits per heavy atom. The van der Waals surface area contributed by atoms with Gasteiger partial charge in [-0.15, -0.1) is 11.3 Å². The van der Waals surface area contributed by atoms with Crippen molar-refractivity contribution in [2.45, 2.75) is 6.92 Å². The summed E-state index contributed by atoms with van der Waals surface area (Å²) in [6, 6.07) is 18.4. The largest absolute Gasteiger partial charge is 0.465 e. The first-order valence-corrected chi connectivity index (χ1v) is 11.6. The van der Waals surface area contributed by atoms with Gasteiger partial charge < -0.3 is 14.5 Å². The molecule has 0 bridgehead atoms. The van der Waals surface area contributed by atoms with Crippen LogP contribution in [0.5, 0.6) is 0 Å². The van der Waals surface area contributed by atoms with E-state index in [1.54, 1.807) is 29.6 Å². The lowest BCUT2D eigenvalue weighted by molar-refractivity contribution is 0.0603. The van der Waals surface area contributed by atoms with E-state index < -0.39 is 11.9 Å². The van der Waals surface area contributed by atoms with E-state index >= 15 is 0 Å². The van der Waals surface area contributed by atoms with Gasteiger partial charge in [0.1, 0.15) is 27.8 Å². The van der Waals surface area contributed by atoms with Crippen molar-refractivity contribution in [1.82, 2.24) is 4.98 Å². The zero-order chi connectivity index (χ0) is 24.5. The summed E-state index contributed by atoms with van der Waals surface area (Å²) < 4.78 is 24.1.